The smallest absolute Gasteiger partial charge is 0.0379 e. The second kappa shape index (κ2) is 3.97. The minimum absolute atomic E-state index is 0.108. The third kappa shape index (κ3) is 2.40. The predicted octanol–water partition coefficient (Wildman–Crippen LogP) is 3.37. The Labute approximate surface area is 92.9 Å². The second-order valence-electron chi connectivity index (χ2n) is 5.27. The van der Waals surface area contributed by atoms with Gasteiger partial charge in [0.1, 0.15) is 0 Å². The summed E-state index contributed by atoms with van der Waals surface area (Å²) in [6, 6.07) is 9.54. The van der Waals surface area contributed by atoms with E-state index < -0.39 is 0 Å². The van der Waals surface area contributed by atoms with Gasteiger partial charge >= 0.3 is 0 Å². The van der Waals surface area contributed by atoms with Crippen molar-refractivity contribution in [3.8, 4) is 0 Å². The summed E-state index contributed by atoms with van der Waals surface area (Å²) < 4.78 is 0. The van der Waals surface area contributed by atoms with Crippen LogP contribution in [0, 0.1) is 6.92 Å². The number of nitrogens with one attached hydrogen (secondary N) is 1. The third-order valence-electron chi connectivity index (χ3n) is 3.41. The SMILES string of the molecule is Cc1cccc(C(C)(C)NC2CCC2)c1. The molecule has 1 aliphatic carbocycles. The van der Waals surface area contributed by atoms with E-state index in [0.29, 0.717) is 0 Å². The van der Waals surface area contributed by atoms with Crippen molar-refractivity contribution in [3.05, 3.63) is 35.4 Å². The Balaban J connectivity index is 2.12. The van der Waals surface area contributed by atoms with Crippen LogP contribution in [0.3, 0.4) is 0 Å². The lowest BCUT2D eigenvalue weighted by Gasteiger charge is -2.37. The molecule has 15 heavy (non-hydrogen) atoms. The fraction of sp³-hybridized carbons (Fsp3) is 0.571. The highest BCUT2D eigenvalue weighted by Gasteiger charge is 2.27. The summed E-state index contributed by atoms with van der Waals surface area (Å²) in [5.41, 5.74) is 2.85. The van der Waals surface area contributed by atoms with Gasteiger partial charge in [0, 0.05) is 11.6 Å². The average molecular weight is 203 g/mol. The van der Waals surface area contributed by atoms with Gasteiger partial charge in [0.2, 0.25) is 0 Å². The molecule has 0 amide bonds. The third-order valence-corrected chi connectivity index (χ3v) is 3.41. The molecule has 1 aromatic rings. The summed E-state index contributed by atoms with van der Waals surface area (Å²) in [6.45, 7) is 6.71. The van der Waals surface area contributed by atoms with Gasteiger partial charge < -0.3 is 5.32 Å². The van der Waals surface area contributed by atoms with Crippen LogP contribution in [0.1, 0.15) is 44.2 Å². The lowest BCUT2D eigenvalue weighted by atomic mass is 9.86. The molecule has 1 saturated carbocycles. The zero-order valence-corrected chi connectivity index (χ0v) is 10.0. The first-order valence-electron chi connectivity index (χ1n) is 5.93. The van der Waals surface area contributed by atoms with Crippen LogP contribution in [0.5, 0.6) is 0 Å². The molecule has 0 aromatic heterocycles. The van der Waals surface area contributed by atoms with Crippen molar-refractivity contribution < 1.29 is 0 Å². The van der Waals surface area contributed by atoms with Gasteiger partial charge in [-0.15, -0.1) is 0 Å². The summed E-state index contributed by atoms with van der Waals surface area (Å²) >= 11 is 0. The first kappa shape index (κ1) is 10.7. The molecule has 1 nitrogen and oxygen atoms in total. The van der Waals surface area contributed by atoms with Gasteiger partial charge in [-0.1, -0.05) is 36.2 Å². The molecule has 0 heterocycles. The van der Waals surface area contributed by atoms with E-state index in [-0.39, 0.29) is 5.54 Å². The van der Waals surface area contributed by atoms with Crippen molar-refractivity contribution in [2.24, 2.45) is 0 Å². The molecule has 0 aliphatic heterocycles. The fourth-order valence-corrected chi connectivity index (χ4v) is 2.18. The first-order chi connectivity index (χ1) is 7.08. The Kier molecular flexibility index (Phi) is 2.83. The minimum atomic E-state index is 0.108. The summed E-state index contributed by atoms with van der Waals surface area (Å²) in [6.07, 6.45) is 4.08. The summed E-state index contributed by atoms with van der Waals surface area (Å²) in [4.78, 5) is 0. The van der Waals surface area contributed by atoms with E-state index in [1.54, 1.807) is 0 Å². The van der Waals surface area contributed by atoms with E-state index >= 15 is 0 Å². The highest BCUT2D eigenvalue weighted by atomic mass is 15.0. The number of hydrogen-bond donors (Lipinski definition) is 1. The van der Waals surface area contributed by atoms with Crippen LogP contribution < -0.4 is 5.32 Å². The van der Waals surface area contributed by atoms with Crippen molar-refractivity contribution in [1.82, 2.24) is 5.32 Å². The molecule has 1 aliphatic rings. The predicted molar refractivity (Wildman–Crippen MR) is 65.0 cm³/mol. The van der Waals surface area contributed by atoms with E-state index in [0.717, 1.165) is 6.04 Å². The van der Waals surface area contributed by atoms with Crippen molar-refractivity contribution in [2.45, 2.75) is 51.6 Å². The largest absolute Gasteiger partial charge is 0.305 e. The molecule has 82 valence electrons. The molecule has 1 aromatic carbocycles. The zero-order valence-electron chi connectivity index (χ0n) is 10.0. The maximum atomic E-state index is 3.74. The summed E-state index contributed by atoms with van der Waals surface area (Å²) in [5, 5.41) is 3.74. The molecule has 0 spiro atoms. The molecule has 0 unspecified atom stereocenters. The van der Waals surface area contributed by atoms with Gasteiger partial charge in [0.15, 0.2) is 0 Å². The van der Waals surface area contributed by atoms with Crippen LogP contribution in [0.15, 0.2) is 24.3 Å². The molecule has 2 rings (SSSR count). The normalized spacial score (nSPS) is 17.5. The van der Waals surface area contributed by atoms with Gasteiger partial charge in [-0.2, -0.15) is 0 Å². The Morgan fingerprint density at radius 3 is 2.53 bits per heavy atom. The molecular formula is C14H21N. The lowest BCUT2D eigenvalue weighted by molar-refractivity contribution is 0.254. The Hall–Kier alpha value is -0.820. The summed E-state index contributed by atoms with van der Waals surface area (Å²) in [7, 11) is 0. The monoisotopic (exact) mass is 203 g/mol. The van der Waals surface area contributed by atoms with E-state index in [1.807, 2.05) is 0 Å². The molecule has 0 saturated heterocycles. The second-order valence-corrected chi connectivity index (χ2v) is 5.27. The maximum Gasteiger partial charge on any atom is 0.0379 e. The van der Waals surface area contributed by atoms with Crippen LogP contribution in [0.2, 0.25) is 0 Å². The minimum Gasteiger partial charge on any atom is -0.305 e. The van der Waals surface area contributed by atoms with Crippen molar-refractivity contribution in [3.63, 3.8) is 0 Å². The van der Waals surface area contributed by atoms with Crippen molar-refractivity contribution in [2.75, 3.05) is 0 Å². The maximum absolute atomic E-state index is 3.74. The topological polar surface area (TPSA) is 12.0 Å². The molecule has 0 atom stereocenters. The molecule has 1 fully saturated rings. The molecule has 0 bridgehead atoms. The Morgan fingerprint density at radius 2 is 2.00 bits per heavy atom. The quantitative estimate of drug-likeness (QED) is 0.794. The lowest BCUT2D eigenvalue weighted by Crippen LogP contribution is -2.46. The van der Waals surface area contributed by atoms with Crippen LogP contribution in [0.25, 0.3) is 0 Å². The van der Waals surface area contributed by atoms with Crippen LogP contribution in [-0.2, 0) is 5.54 Å². The Morgan fingerprint density at radius 1 is 1.27 bits per heavy atom. The number of hydrogen-bond acceptors (Lipinski definition) is 1. The molecule has 0 radical (unpaired) electrons. The average Bonchev–Trinajstić information content (AvgIpc) is 2.12. The molecular weight excluding hydrogens is 182 g/mol. The van der Waals surface area contributed by atoms with Crippen molar-refractivity contribution >= 4 is 0 Å². The highest BCUT2D eigenvalue weighted by molar-refractivity contribution is 5.28. The standard InChI is InChI=1S/C14H21N/c1-11-6-4-7-12(10-11)14(2,3)15-13-8-5-9-13/h4,6-7,10,13,15H,5,8-9H2,1-3H3. The first-order valence-corrected chi connectivity index (χ1v) is 5.93. The van der Waals surface area contributed by atoms with Crippen LogP contribution in [0.4, 0.5) is 0 Å². The van der Waals surface area contributed by atoms with E-state index in [1.165, 1.54) is 30.4 Å². The molecule has 1 N–H and O–H groups in total. The van der Waals surface area contributed by atoms with Crippen LogP contribution >= 0.6 is 0 Å². The number of rotatable bonds is 3. The number of aryl methyl sites for hydroxylation is 1. The van der Waals surface area contributed by atoms with Gasteiger partial charge in [-0.25, -0.2) is 0 Å². The van der Waals surface area contributed by atoms with Crippen molar-refractivity contribution in [1.29, 1.82) is 0 Å². The fourth-order valence-electron chi connectivity index (χ4n) is 2.18. The van der Waals surface area contributed by atoms with E-state index in [4.69, 9.17) is 0 Å². The number of benzene rings is 1. The van der Waals surface area contributed by atoms with E-state index in [9.17, 15) is 0 Å². The summed E-state index contributed by atoms with van der Waals surface area (Å²) in [5.74, 6) is 0. The van der Waals surface area contributed by atoms with Gasteiger partial charge in [-0.3, -0.25) is 0 Å². The van der Waals surface area contributed by atoms with Gasteiger partial charge in [0.05, 0.1) is 0 Å². The van der Waals surface area contributed by atoms with E-state index in [2.05, 4.69) is 50.4 Å². The van der Waals surface area contributed by atoms with Gasteiger partial charge in [-0.05, 0) is 39.2 Å². The van der Waals surface area contributed by atoms with Gasteiger partial charge in [0.25, 0.3) is 0 Å². The Bertz CT molecular complexity index is 337. The molecule has 1 heteroatoms. The van der Waals surface area contributed by atoms with Crippen LogP contribution in [-0.4, -0.2) is 6.04 Å². The highest BCUT2D eigenvalue weighted by Crippen LogP contribution is 2.27. The zero-order chi connectivity index (χ0) is 10.9.